The fraction of sp³-hybridized carbons (Fsp3) is 0.231. The third-order valence-corrected chi connectivity index (χ3v) is 7.25. The Morgan fingerprint density at radius 3 is 2.06 bits per heavy atom. The van der Waals surface area contributed by atoms with Gasteiger partial charge in [-0.1, -0.05) is 30.3 Å². The fourth-order valence-corrected chi connectivity index (χ4v) is 5.01. The Morgan fingerprint density at radius 2 is 1.46 bits per heavy atom. The maximum absolute atomic E-state index is 13.5. The Hall–Kier alpha value is -3.85. The first-order valence-corrected chi connectivity index (χ1v) is 12.7. The number of sulfonamides is 1. The van der Waals surface area contributed by atoms with E-state index in [1.165, 1.54) is 19.2 Å². The van der Waals surface area contributed by atoms with E-state index < -0.39 is 22.5 Å². The highest BCUT2D eigenvalue weighted by Crippen LogP contribution is 2.26. The van der Waals surface area contributed by atoms with E-state index in [2.05, 4.69) is 5.32 Å². The van der Waals surface area contributed by atoms with E-state index in [-0.39, 0.29) is 10.8 Å². The number of methoxy groups -OCH3 is 1. The van der Waals surface area contributed by atoms with E-state index in [1.807, 2.05) is 13.8 Å². The van der Waals surface area contributed by atoms with Crippen LogP contribution in [-0.4, -0.2) is 51.9 Å². The zero-order valence-corrected chi connectivity index (χ0v) is 20.8. The molecule has 0 saturated carbocycles. The molecule has 9 heteroatoms. The first-order chi connectivity index (χ1) is 16.8. The number of anilines is 2. The van der Waals surface area contributed by atoms with Crippen LogP contribution in [0.25, 0.3) is 0 Å². The lowest BCUT2D eigenvalue weighted by Gasteiger charge is -2.25. The van der Waals surface area contributed by atoms with Crippen molar-refractivity contribution in [2.24, 2.45) is 0 Å². The van der Waals surface area contributed by atoms with E-state index in [0.717, 1.165) is 4.31 Å². The lowest BCUT2D eigenvalue weighted by Crippen LogP contribution is -2.38. The molecule has 8 nitrogen and oxygen atoms in total. The molecule has 0 unspecified atom stereocenters. The average Bonchev–Trinajstić information content (AvgIpc) is 2.88. The van der Waals surface area contributed by atoms with Crippen molar-refractivity contribution in [2.75, 3.05) is 36.4 Å². The number of ether oxygens (including phenoxy) is 1. The largest absolute Gasteiger partial charge is 0.497 e. The van der Waals surface area contributed by atoms with E-state index >= 15 is 0 Å². The number of benzene rings is 3. The molecular weight excluding hydrogens is 466 g/mol. The van der Waals surface area contributed by atoms with Gasteiger partial charge in [-0.05, 0) is 62.4 Å². The highest BCUT2D eigenvalue weighted by atomic mass is 32.2. The third-order valence-electron chi connectivity index (χ3n) is 5.46. The number of carbonyl (C=O) groups excluding carboxylic acids is 2. The zero-order chi connectivity index (χ0) is 25.4. The van der Waals surface area contributed by atoms with Gasteiger partial charge >= 0.3 is 0 Å². The maximum atomic E-state index is 13.5. The summed E-state index contributed by atoms with van der Waals surface area (Å²) < 4.78 is 33.1. The van der Waals surface area contributed by atoms with Crippen molar-refractivity contribution in [3.63, 3.8) is 0 Å². The van der Waals surface area contributed by atoms with Gasteiger partial charge in [-0.3, -0.25) is 13.9 Å². The predicted octanol–water partition coefficient (Wildman–Crippen LogP) is 4.01. The van der Waals surface area contributed by atoms with Crippen LogP contribution in [0.2, 0.25) is 0 Å². The molecule has 3 aromatic carbocycles. The van der Waals surface area contributed by atoms with Gasteiger partial charge in [0.15, 0.2) is 0 Å². The molecule has 3 aromatic rings. The molecule has 0 heterocycles. The van der Waals surface area contributed by atoms with Crippen molar-refractivity contribution in [3.8, 4) is 5.75 Å². The van der Waals surface area contributed by atoms with Crippen LogP contribution in [0, 0.1) is 0 Å². The van der Waals surface area contributed by atoms with Crippen molar-refractivity contribution >= 4 is 33.2 Å². The lowest BCUT2D eigenvalue weighted by atomic mass is 10.1. The summed E-state index contributed by atoms with van der Waals surface area (Å²) in [7, 11) is -2.54. The van der Waals surface area contributed by atoms with Crippen molar-refractivity contribution in [1.82, 2.24) is 4.90 Å². The first kappa shape index (κ1) is 25.8. The van der Waals surface area contributed by atoms with Gasteiger partial charge in [0.2, 0.25) is 5.91 Å². The van der Waals surface area contributed by atoms with Crippen LogP contribution in [0.1, 0.15) is 24.2 Å². The van der Waals surface area contributed by atoms with E-state index in [9.17, 15) is 18.0 Å². The first-order valence-electron chi connectivity index (χ1n) is 11.2. The Balaban J connectivity index is 1.93. The molecule has 0 fully saturated rings. The average molecular weight is 496 g/mol. The Morgan fingerprint density at radius 1 is 0.857 bits per heavy atom. The normalized spacial score (nSPS) is 10.9. The standard InChI is InChI=1S/C26H29N3O5S/c1-4-28(5-2)26(31)23-13-9-10-14-24(23)27-25(30)19-29(20-15-17-21(34-3)18-16-20)35(32,33)22-11-7-6-8-12-22/h6-18H,4-5,19H2,1-3H3,(H,27,30). The maximum Gasteiger partial charge on any atom is 0.264 e. The summed E-state index contributed by atoms with van der Waals surface area (Å²) in [5, 5.41) is 2.72. The minimum absolute atomic E-state index is 0.0562. The number of para-hydroxylation sites is 1. The van der Waals surface area contributed by atoms with E-state index in [0.29, 0.717) is 35.8 Å². The van der Waals surface area contributed by atoms with E-state index in [4.69, 9.17) is 4.74 Å². The van der Waals surface area contributed by atoms with Gasteiger partial charge in [-0.15, -0.1) is 0 Å². The van der Waals surface area contributed by atoms with Gasteiger partial charge in [0, 0.05) is 13.1 Å². The highest BCUT2D eigenvalue weighted by molar-refractivity contribution is 7.92. The number of nitrogens with one attached hydrogen (secondary N) is 1. The molecule has 35 heavy (non-hydrogen) atoms. The van der Waals surface area contributed by atoms with Gasteiger partial charge in [0.1, 0.15) is 12.3 Å². The van der Waals surface area contributed by atoms with Crippen LogP contribution in [0.4, 0.5) is 11.4 Å². The fourth-order valence-electron chi connectivity index (χ4n) is 3.56. The van der Waals surface area contributed by atoms with Crippen LogP contribution >= 0.6 is 0 Å². The van der Waals surface area contributed by atoms with Gasteiger partial charge < -0.3 is 15.0 Å². The topological polar surface area (TPSA) is 96.0 Å². The lowest BCUT2D eigenvalue weighted by molar-refractivity contribution is -0.114. The van der Waals surface area contributed by atoms with Crippen molar-refractivity contribution in [3.05, 3.63) is 84.4 Å². The molecule has 2 amide bonds. The third kappa shape index (κ3) is 5.99. The SMILES string of the molecule is CCN(CC)C(=O)c1ccccc1NC(=O)CN(c1ccc(OC)cc1)S(=O)(=O)c1ccccc1. The molecule has 0 aromatic heterocycles. The summed E-state index contributed by atoms with van der Waals surface area (Å²) in [6.45, 7) is 4.32. The number of amides is 2. The second-order valence-electron chi connectivity index (χ2n) is 7.59. The molecule has 0 radical (unpaired) electrons. The molecule has 0 aliphatic carbocycles. The second kappa shape index (κ2) is 11.5. The summed E-state index contributed by atoms with van der Waals surface area (Å²) in [4.78, 5) is 27.7. The van der Waals surface area contributed by atoms with Gasteiger partial charge in [0.25, 0.3) is 15.9 Å². The summed E-state index contributed by atoms with van der Waals surface area (Å²) in [6, 6.07) is 21.0. The minimum Gasteiger partial charge on any atom is -0.497 e. The monoisotopic (exact) mass is 495 g/mol. The van der Waals surface area contributed by atoms with Crippen molar-refractivity contribution < 1.29 is 22.7 Å². The second-order valence-corrected chi connectivity index (χ2v) is 9.46. The Labute approximate surface area is 206 Å². The van der Waals surface area contributed by atoms with Crippen LogP contribution in [-0.2, 0) is 14.8 Å². The molecule has 0 saturated heterocycles. The summed E-state index contributed by atoms with van der Waals surface area (Å²) in [5.74, 6) is -0.242. The van der Waals surface area contributed by atoms with E-state index in [1.54, 1.807) is 71.6 Å². The number of hydrogen-bond acceptors (Lipinski definition) is 5. The van der Waals surface area contributed by atoms with Crippen LogP contribution < -0.4 is 14.4 Å². The molecule has 184 valence electrons. The van der Waals surface area contributed by atoms with Crippen molar-refractivity contribution in [2.45, 2.75) is 18.7 Å². The van der Waals surface area contributed by atoms with Gasteiger partial charge in [0.05, 0.1) is 28.9 Å². The Kier molecular flexibility index (Phi) is 8.48. The molecule has 0 atom stereocenters. The molecule has 1 N–H and O–H groups in total. The highest BCUT2D eigenvalue weighted by Gasteiger charge is 2.28. The molecule has 0 aliphatic rings. The number of carbonyl (C=O) groups is 2. The van der Waals surface area contributed by atoms with Crippen LogP contribution in [0.15, 0.2) is 83.8 Å². The van der Waals surface area contributed by atoms with Gasteiger partial charge in [-0.25, -0.2) is 8.42 Å². The minimum atomic E-state index is -4.05. The quantitative estimate of drug-likeness (QED) is 0.459. The molecular formula is C26H29N3O5S. The van der Waals surface area contributed by atoms with Crippen molar-refractivity contribution in [1.29, 1.82) is 0 Å². The Bertz CT molecular complexity index is 1260. The smallest absolute Gasteiger partial charge is 0.264 e. The van der Waals surface area contributed by atoms with Gasteiger partial charge in [-0.2, -0.15) is 0 Å². The molecule has 0 spiro atoms. The molecule has 0 bridgehead atoms. The molecule has 3 rings (SSSR count). The summed E-state index contributed by atoms with van der Waals surface area (Å²) in [5.41, 5.74) is 0.963. The molecule has 0 aliphatic heterocycles. The number of rotatable bonds is 10. The van der Waals surface area contributed by atoms with Crippen LogP contribution in [0.5, 0.6) is 5.75 Å². The van der Waals surface area contributed by atoms with Crippen LogP contribution in [0.3, 0.4) is 0 Å². The zero-order valence-electron chi connectivity index (χ0n) is 20.0. The summed E-state index contributed by atoms with van der Waals surface area (Å²) in [6.07, 6.45) is 0. The predicted molar refractivity (Wildman–Crippen MR) is 136 cm³/mol. The summed E-state index contributed by atoms with van der Waals surface area (Å²) >= 11 is 0. The number of nitrogens with zero attached hydrogens (tertiary/aromatic N) is 2. The number of hydrogen-bond donors (Lipinski definition) is 1.